The maximum absolute atomic E-state index is 11.7. The number of benzene rings is 1. The van der Waals surface area contributed by atoms with Gasteiger partial charge < -0.3 is 10.1 Å². The lowest BCUT2D eigenvalue weighted by Crippen LogP contribution is -2.37. The van der Waals surface area contributed by atoms with Crippen LogP contribution in [0.4, 0.5) is 0 Å². The lowest BCUT2D eigenvalue weighted by Gasteiger charge is -2.15. The maximum atomic E-state index is 11.7. The SMILES string of the molecule is Cc1ccccc1OC(C)C(=O)NC1CC1. The fourth-order valence-electron chi connectivity index (χ4n) is 1.48. The summed E-state index contributed by atoms with van der Waals surface area (Å²) in [5.74, 6) is 0.756. The van der Waals surface area contributed by atoms with Crippen molar-refractivity contribution < 1.29 is 9.53 Å². The molecule has 86 valence electrons. The summed E-state index contributed by atoms with van der Waals surface area (Å²) in [5, 5.41) is 2.93. The second-order valence-electron chi connectivity index (χ2n) is 4.31. The van der Waals surface area contributed by atoms with Gasteiger partial charge in [-0.3, -0.25) is 4.79 Å². The fourth-order valence-corrected chi connectivity index (χ4v) is 1.48. The molecule has 1 N–H and O–H groups in total. The van der Waals surface area contributed by atoms with E-state index in [1.54, 1.807) is 6.92 Å². The summed E-state index contributed by atoms with van der Waals surface area (Å²) in [4.78, 5) is 11.7. The molecule has 1 aromatic rings. The van der Waals surface area contributed by atoms with Crippen molar-refractivity contribution in [1.82, 2.24) is 5.32 Å². The second-order valence-corrected chi connectivity index (χ2v) is 4.31. The Labute approximate surface area is 95.8 Å². The zero-order valence-electron chi connectivity index (χ0n) is 9.69. The molecule has 0 aliphatic heterocycles. The topological polar surface area (TPSA) is 38.3 Å². The lowest BCUT2D eigenvalue weighted by atomic mass is 10.2. The first-order valence-corrected chi connectivity index (χ1v) is 5.69. The van der Waals surface area contributed by atoms with E-state index in [0.717, 1.165) is 24.2 Å². The minimum absolute atomic E-state index is 0.0225. The molecule has 1 aromatic carbocycles. The molecule has 1 amide bonds. The minimum Gasteiger partial charge on any atom is -0.481 e. The Morgan fingerprint density at radius 2 is 2.12 bits per heavy atom. The van der Waals surface area contributed by atoms with Gasteiger partial charge >= 0.3 is 0 Å². The molecule has 0 saturated heterocycles. The first-order valence-electron chi connectivity index (χ1n) is 5.69. The Balaban J connectivity index is 1.92. The van der Waals surface area contributed by atoms with E-state index in [1.807, 2.05) is 31.2 Å². The number of carbonyl (C=O) groups excluding carboxylic acids is 1. The number of hydrogen-bond donors (Lipinski definition) is 1. The molecule has 16 heavy (non-hydrogen) atoms. The number of ether oxygens (including phenoxy) is 1. The molecule has 0 bridgehead atoms. The maximum Gasteiger partial charge on any atom is 0.260 e. The summed E-state index contributed by atoms with van der Waals surface area (Å²) in [7, 11) is 0. The number of rotatable bonds is 4. The summed E-state index contributed by atoms with van der Waals surface area (Å²) < 4.78 is 5.62. The van der Waals surface area contributed by atoms with Crippen LogP contribution in [0.3, 0.4) is 0 Å². The van der Waals surface area contributed by atoms with Crippen LogP contribution in [0.15, 0.2) is 24.3 Å². The third kappa shape index (κ3) is 2.75. The number of nitrogens with one attached hydrogen (secondary N) is 1. The van der Waals surface area contributed by atoms with E-state index in [0.29, 0.717) is 6.04 Å². The Kier molecular flexibility index (Phi) is 3.13. The largest absolute Gasteiger partial charge is 0.481 e. The highest BCUT2D eigenvalue weighted by Gasteiger charge is 2.26. The van der Waals surface area contributed by atoms with Gasteiger partial charge in [-0.05, 0) is 38.3 Å². The van der Waals surface area contributed by atoms with Crippen LogP contribution in [0.1, 0.15) is 25.3 Å². The van der Waals surface area contributed by atoms with Crippen molar-refractivity contribution in [2.24, 2.45) is 0 Å². The summed E-state index contributed by atoms with van der Waals surface area (Å²) >= 11 is 0. The van der Waals surface area contributed by atoms with Gasteiger partial charge in [0, 0.05) is 6.04 Å². The van der Waals surface area contributed by atoms with E-state index >= 15 is 0 Å². The number of para-hydroxylation sites is 1. The minimum atomic E-state index is -0.429. The number of hydrogen-bond acceptors (Lipinski definition) is 2. The molecule has 1 unspecified atom stereocenters. The Hall–Kier alpha value is -1.51. The van der Waals surface area contributed by atoms with Crippen molar-refractivity contribution >= 4 is 5.91 Å². The van der Waals surface area contributed by atoms with Crippen LogP contribution in [-0.2, 0) is 4.79 Å². The molecular formula is C13H17NO2. The molecule has 0 aromatic heterocycles. The summed E-state index contributed by atoms with van der Waals surface area (Å²) in [6, 6.07) is 8.11. The molecule has 3 nitrogen and oxygen atoms in total. The van der Waals surface area contributed by atoms with E-state index in [-0.39, 0.29) is 5.91 Å². The van der Waals surface area contributed by atoms with Crippen LogP contribution in [0.25, 0.3) is 0 Å². The number of carbonyl (C=O) groups is 1. The van der Waals surface area contributed by atoms with E-state index in [9.17, 15) is 4.79 Å². The van der Waals surface area contributed by atoms with Gasteiger partial charge in [-0.1, -0.05) is 18.2 Å². The molecular weight excluding hydrogens is 202 g/mol. The zero-order chi connectivity index (χ0) is 11.5. The Morgan fingerprint density at radius 1 is 1.44 bits per heavy atom. The smallest absolute Gasteiger partial charge is 0.260 e. The number of amides is 1. The van der Waals surface area contributed by atoms with Crippen LogP contribution in [-0.4, -0.2) is 18.1 Å². The van der Waals surface area contributed by atoms with Gasteiger partial charge in [0.1, 0.15) is 5.75 Å². The molecule has 0 spiro atoms. The van der Waals surface area contributed by atoms with Crippen LogP contribution in [0.2, 0.25) is 0 Å². The zero-order valence-corrected chi connectivity index (χ0v) is 9.69. The van der Waals surface area contributed by atoms with Crippen molar-refractivity contribution in [2.45, 2.75) is 38.8 Å². The molecule has 2 rings (SSSR count). The lowest BCUT2D eigenvalue weighted by molar-refractivity contribution is -0.127. The van der Waals surface area contributed by atoms with E-state index in [4.69, 9.17) is 4.74 Å². The van der Waals surface area contributed by atoms with E-state index < -0.39 is 6.10 Å². The van der Waals surface area contributed by atoms with Crippen LogP contribution in [0, 0.1) is 6.92 Å². The summed E-state index contributed by atoms with van der Waals surface area (Å²) in [6.07, 6.45) is 1.77. The first kappa shape index (κ1) is 11.0. The van der Waals surface area contributed by atoms with Gasteiger partial charge in [-0.15, -0.1) is 0 Å². The van der Waals surface area contributed by atoms with Crippen molar-refractivity contribution in [1.29, 1.82) is 0 Å². The van der Waals surface area contributed by atoms with E-state index in [2.05, 4.69) is 5.32 Å². The highest BCUT2D eigenvalue weighted by Crippen LogP contribution is 2.20. The average Bonchev–Trinajstić information content (AvgIpc) is 3.05. The molecule has 0 radical (unpaired) electrons. The second kappa shape index (κ2) is 4.56. The Morgan fingerprint density at radius 3 is 2.75 bits per heavy atom. The third-order valence-electron chi connectivity index (χ3n) is 2.69. The van der Waals surface area contributed by atoms with Gasteiger partial charge in [0.05, 0.1) is 0 Å². The fraction of sp³-hybridized carbons (Fsp3) is 0.462. The van der Waals surface area contributed by atoms with E-state index in [1.165, 1.54) is 0 Å². The molecule has 1 atom stereocenters. The number of aryl methyl sites for hydroxylation is 1. The van der Waals surface area contributed by atoms with Crippen molar-refractivity contribution in [2.75, 3.05) is 0 Å². The van der Waals surface area contributed by atoms with Crippen molar-refractivity contribution in [3.63, 3.8) is 0 Å². The first-order chi connectivity index (χ1) is 7.66. The predicted octanol–water partition coefficient (Wildman–Crippen LogP) is 2.04. The molecule has 1 saturated carbocycles. The molecule has 1 fully saturated rings. The molecule has 1 aliphatic rings. The van der Waals surface area contributed by atoms with Gasteiger partial charge in [-0.25, -0.2) is 0 Å². The van der Waals surface area contributed by atoms with Crippen LogP contribution in [0.5, 0.6) is 5.75 Å². The van der Waals surface area contributed by atoms with Gasteiger partial charge in [0.2, 0.25) is 0 Å². The monoisotopic (exact) mass is 219 g/mol. The van der Waals surface area contributed by atoms with Crippen molar-refractivity contribution in [3.05, 3.63) is 29.8 Å². The Bertz CT molecular complexity index is 385. The molecule has 1 aliphatic carbocycles. The normalized spacial score (nSPS) is 16.6. The highest BCUT2D eigenvalue weighted by molar-refractivity contribution is 5.81. The quantitative estimate of drug-likeness (QED) is 0.841. The predicted molar refractivity (Wildman–Crippen MR) is 62.4 cm³/mol. The average molecular weight is 219 g/mol. The van der Waals surface area contributed by atoms with Gasteiger partial charge in [0.25, 0.3) is 5.91 Å². The van der Waals surface area contributed by atoms with Crippen LogP contribution >= 0.6 is 0 Å². The van der Waals surface area contributed by atoms with Gasteiger partial charge in [-0.2, -0.15) is 0 Å². The van der Waals surface area contributed by atoms with Gasteiger partial charge in [0.15, 0.2) is 6.10 Å². The van der Waals surface area contributed by atoms with Crippen LogP contribution < -0.4 is 10.1 Å². The third-order valence-corrected chi connectivity index (χ3v) is 2.69. The summed E-state index contributed by atoms with van der Waals surface area (Å²) in [5.41, 5.74) is 1.05. The highest BCUT2D eigenvalue weighted by atomic mass is 16.5. The molecule has 0 heterocycles. The van der Waals surface area contributed by atoms with Crippen molar-refractivity contribution in [3.8, 4) is 5.75 Å². The summed E-state index contributed by atoms with van der Waals surface area (Å²) in [6.45, 7) is 3.75. The molecule has 3 heteroatoms. The standard InChI is InChI=1S/C13H17NO2/c1-9-5-3-4-6-12(9)16-10(2)13(15)14-11-7-8-11/h3-6,10-11H,7-8H2,1-2H3,(H,14,15).